The van der Waals surface area contributed by atoms with Gasteiger partial charge in [0.05, 0.1) is 16.9 Å². The van der Waals surface area contributed by atoms with E-state index in [4.69, 9.17) is 11.6 Å². The van der Waals surface area contributed by atoms with Crippen LogP contribution in [0.4, 0.5) is 5.69 Å². The maximum atomic E-state index is 11.7. The summed E-state index contributed by atoms with van der Waals surface area (Å²) in [5, 5.41) is 6.47. The van der Waals surface area contributed by atoms with E-state index in [0.717, 1.165) is 10.0 Å². The number of nitrogens with one attached hydrogen (secondary N) is 2. The van der Waals surface area contributed by atoms with Crippen LogP contribution in [0, 0.1) is 0 Å². The zero-order valence-corrected chi connectivity index (χ0v) is 13.6. The molecule has 0 atom stereocenters. The Morgan fingerprint density at radius 3 is 2.41 bits per heavy atom. The van der Waals surface area contributed by atoms with Crippen molar-refractivity contribution in [1.29, 1.82) is 0 Å². The van der Waals surface area contributed by atoms with E-state index in [0.29, 0.717) is 10.7 Å². The predicted octanol–water partition coefficient (Wildman–Crippen LogP) is 3.19. The van der Waals surface area contributed by atoms with Crippen molar-refractivity contribution in [2.75, 3.05) is 5.32 Å². The Bertz CT molecular complexity index is 717. The summed E-state index contributed by atoms with van der Waals surface area (Å²) in [5.41, 5.74) is 3.30. The Labute approximate surface area is 140 Å². The molecule has 5 nitrogen and oxygen atoms in total. The zero-order valence-electron chi connectivity index (χ0n) is 11.2. The van der Waals surface area contributed by atoms with Crippen molar-refractivity contribution < 1.29 is 9.59 Å². The largest absolute Gasteiger partial charge is 0.329 e. The number of para-hydroxylation sites is 1. The molecule has 112 valence electrons. The van der Waals surface area contributed by atoms with E-state index in [1.165, 1.54) is 6.21 Å². The highest BCUT2D eigenvalue weighted by atomic mass is 79.9. The lowest BCUT2D eigenvalue weighted by molar-refractivity contribution is -0.136. The molecule has 0 bridgehead atoms. The summed E-state index contributed by atoms with van der Waals surface area (Å²) < 4.78 is 0.938. The van der Waals surface area contributed by atoms with Crippen LogP contribution >= 0.6 is 27.5 Å². The van der Waals surface area contributed by atoms with Crippen molar-refractivity contribution in [2.24, 2.45) is 5.10 Å². The highest BCUT2D eigenvalue weighted by Crippen LogP contribution is 2.20. The molecule has 22 heavy (non-hydrogen) atoms. The predicted molar refractivity (Wildman–Crippen MR) is 90.0 cm³/mol. The monoisotopic (exact) mass is 379 g/mol. The standard InChI is InChI=1S/C15H11BrClN3O2/c16-11-7-5-10(6-8-11)9-18-20-15(22)14(21)19-13-4-2-1-3-12(13)17/h1-9H,(H,19,21)(H,20,22)/b18-9+. The molecule has 7 heteroatoms. The van der Waals surface area contributed by atoms with Crippen molar-refractivity contribution in [2.45, 2.75) is 0 Å². The van der Waals surface area contributed by atoms with Gasteiger partial charge in [-0.3, -0.25) is 9.59 Å². The molecule has 0 spiro atoms. The summed E-state index contributed by atoms with van der Waals surface area (Å²) in [4.78, 5) is 23.3. The van der Waals surface area contributed by atoms with E-state index in [-0.39, 0.29) is 0 Å². The van der Waals surface area contributed by atoms with Crippen LogP contribution in [0.15, 0.2) is 58.1 Å². The SMILES string of the molecule is O=C(N/N=C/c1ccc(Br)cc1)C(=O)Nc1ccccc1Cl. The lowest BCUT2D eigenvalue weighted by atomic mass is 10.2. The van der Waals surface area contributed by atoms with Crippen LogP contribution in [0.25, 0.3) is 0 Å². The highest BCUT2D eigenvalue weighted by molar-refractivity contribution is 9.10. The Morgan fingerprint density at radius 1 is 1.05 bits per heavy atom. The molecular weight excluding hydrogens is 370 g/mol. The van der Waals surface area contributed by atoms with Gasteiger partial charge in [0.1, 0.15) is 0 Å². The normalized spacial score (nSPS) is 10.5. The van der Waals surface area contributed by atoms with E-state index in [1.54, 1.807) is 24.3 Å². The van der Waals surface area contributed by atoms with E-state index in [1.807, 2.05) is 24.3 Å². The van der Waals surface area contributed by atoms with Crippen molar-refractivity contribution in [3.63, 3.8) is 0 Å². The van der Waals surface area contributed by atoms with Gasteiger partial charge in [0.2, 0.25) is 0 Å². The topological polar surface area (TPSA) is 70.6 Å². The molecule has 0 aliphatic heterocycles. The molecule has 0 aliphatic rings. The summed E-state index contributed by atoms with van der Waals surface area (Å²) in [6.45, 7) is 0. The molecule has 0 unspecified atom stereocenters. The Balaban J connectivity index is 1.90. The van der Waals surface area contributed by atoms with Gasteiger partial charge in [-0.1, -0.05) is 51.8 Å². The molecule has 0 saturated heterocycles. The molecule has 0 radical (unpaired) electrons. The fraction of sp³-hybridized carbons (Fsp3) is 0. The second kappa shape index (κ2) is 7.72. The number of amides is 2. The summed E-state index contributed by atoms with van der Waals surface area (Å²) in [7, 11) is 0. The van der Waals surface area contributed by atoms with Gasteiger partial charge in [-0.2, -0.15) is 5.10 Å². The van der Waals surface area contributed by atoms with Crippen molar-refractivity contribution in [3.8, 4) is 0 Å². The number of nitrogens with zero attached hydrogens (tertiary/aromatic N) is 1. The molecule has 0 saturated carbocycles. The maximum Gasteiger partial charge on any atom is 0.329 e. The second-order valence-electron chi connectivity index (χ2n) is 4.18. The minimum Gasteiger partial charge on any atom is -0.316 e. The molecule has 0 fully saturated rings. The maximum absolute atomic E-state index is 11.7. The number of hydrazone groups is 1. The van der Waals surface area contributed by atoms with Crippen LogP contribution in [-0.2, 0) is 9.59 Å². The van der Waals surface area contributed by atoms with E-state index >= 15 is 0 Å². The molecule has 0 aromatic heterocycles. The average molecular weight is 381 g/mol. The van der Waals surface area contributed by atoms with E-state index in [9.17, 15) is 9.59 Å². The van der Waals surface area contributed by atoms with Gasteiger partial charge in [0, 0.05) is 4.47 Å². The Kier molecular flexibility index (Phi) is 5.68. The summed E-state index contributed by atoms with van der Waals surface area (Å²) >= 11 is 9.21. The van der Waals surface area contributed by atoms with Crippen LogP contribution in [0.1, 0.15) is 5.56 Å². The van der Waals surface area contributed by atoms with Gasteiger partial charge in [0.15, 0.2) is 0 Å². The number of anilines is 1. The smallest absolute Gasteiger partial charge is 0.316 e. The molecule has 2 rings (SSSR count). The highest BCUT2D eigenvalue weighted by Gasteiger charge is 2.13. The lowest BCUT2D eigenvalue weighted by Gasteiger charge is -2.05. The quantitative estimate of drug-likeness (QED) is 0.488. The fourth-order valence-electron chi connectivity index (χ4n) is 1.51. The molecule has 0 heterocycles. The number of carbonyl (C=O) groups is 2. The second-order valence-corrected chi connectivity index (χ2v) is 5.51. The van der Waals surface area contributed by atoms with Crippen LogP contribution in [0.5, 0.6) is 0 Å². The first-order valence-corrected chi connectivity index (χ1v) is 7.38. The van der Waals surface area contributed by atoms with Crippen LogP contribution in [0.2, 0.25) is 5.02 Å². The molecule has 0 aliphatic carbocycles. The van der Waals surface area contributed by atoms with Gasteiger partial charge < -0.3 is 5.32 Å². The zero-order chi connectivity index (χ0) is 15.9. The van der Waals surface area contributed by atoms with E-state index in [2.05, 4.69) is 31.8 Å². The lowest BCUT2D eigenvalue weighted by Crippen LogP contribution is -2.32. The minimum absolute atomic E-state index is 0.349. The third-order valence-corrected chi connectivity index (χ3v) is 3.44. The van der Waals surface area contributed by atoms with Crippen LogP contribution < -0.4 is 10.7 Å². The van der Waals surface area contributed by atoms with Crippen LogP contribution in [-0.4, -0.2) is 18.0 Å². The average Bonchev–Trinajstić information content (AvgIpc) is 2.51. The third kappa shape index (κ3) is 4.68. The number of hydrogen-bond donors (Lipinski definition) is 2. The van der Waals surface area contributed by atoms with Gasteiger partial charge in [0.25, 0.3) is 0 Å². The van der Waals surface area contributed by atoms with Crippen molar-refractivity contribution in [1.82, 2.24) is 5.43 Å². The fourth-order valence-corrected chi connectivity index (χ4v) is 1.95. The number of rotatable bonds is 3. The molecule has 2 aromatic carbocycles. The first-order valence-electron chi connectivity index (χ1n) is 6.21. The Hall–Kier alpha value is -2.18. The summed E-state index contributed by atoms with van der Waals surface area (Å²) in [6.07, 6.45) is 1.44. The van der Waals surface area contributed by atoms with Gasteiger partial charge in [-0.05, 0) is 29.8 Å². The third-order valence-electron chi connectivity index (χ3n) is 2.58. The van der Waals surface area contributed by atoms with Crippen molar-refractivity contribution >= 4 is 51.2 Å². The minimum atomic E-state index is -0.881. The van der Waals surface area contributed by atoms with Crippen molar-refractivity contribution in [3.05, 3.63) is 63.6 Å². The number of carbonyl (C=O) groups excluding carboxylic acids is 2. The molecular formula is C15H11BrClN3O2. The summed E-state index contributed by atoms with van der Waals surface area (Å²) in [5.74, 6) is -1.73. The van der Waals surface area contributed by atoms with Gasteiger partial charge >= 0.3 is 11.8 Å². The van der Waals surface area contributed by atoms with Gasteiger partial charge in [-0.25, -0.2) is 5.43 Å². The van der Waals surface area contributed by atoms with Crippen LogP contribution in [0.3, 0.4) is 0 Å². The molecule has 2 amide bonds. The number of benzene rings is 2. The first kappa shape index (κ1) is 16.2. The number of halogens is 2. The Morgan fingerprint density at radius 2 is 1.73 bits per heavy atom. The molecule has 2 N–H and O–H groups in total. The first-order chi connectivity index (χ1) is 10.6. The van der Waals surface area contributed by atoms with E-state index < -0.39 is 11.8 Å². The molecule has 2 aromatic rings. The number of hydrogen-bond acceptors (Lipinski definition) is 3. The summed E-state index contributed by atoms with van der Waals surface area (Å²) in [6, 6.07) is 13.9. The van der Waals surface area contributed by atoms with Gasteiger partial charge in [-0.15, -0.1) is 0 Å².